The van der Waals surface area contributed by atoms with E-state index in [1.54, 1.807) is 0 Å². The van der Waals surface area contributed by atoms with Gasteiger partial charge in [0.05, 0.1) is 5.69 Å². The Morgan fingerprint density at radius 2 is 2.19 bits per heavy atom. The highest BCUT2D eigenvalue weighted by Gasteiger charge is 2.20. The molecule has 82 valence electrons. The van der Waals surface area contributed by atoms with Gasteiger partial charge in [0.2, 0.25) is 0 Å². The third-order valence-corrected chi connectivity index (χ3v) is 3.61. The Morgan fingerprint density at radius 1 is 1.31 bits per heavy atom. The number of fused-ring (bicyclic) bond motifs is 3. The van der Waals surface area contributed by atoms with Crippen LogP contribution in [0.5, 0.6) is 0 Å². The van der Waals surface area contributed by atoms with Gasteiger partial charge in [-0.15, -0.1) is 0 Å². The summed E-state index contributed by atoms with van der Waals surface area (Å²) >= 11 is 3.46. The third kappa shape index (κ3) is 1.37. The minimum Gasteiger partial charge on any atom is -0.411 e. The summed E-state index contributed by atoms with van der Waals surface area (Å²) in [6.07, 6.45) is 2.95. The highest BCUT2D eigenvalue weighted by Crippen LogP contribution is 2.30. The summed E-state index contributed by atoms with van der Waals surface area (Å²) in [7, 11) is 0. The summed E-state index contributed by atoms with van der Waals surface area (Å²) < 4.78 is 1.06. The summed E-state index contributed by atoms with van der Waals surface area (Å²) in [4.78, 5) is 3.34. The molecule has 0 unspecified atom stereocenters. The molecule has 2 aromatic rings. The number of nitrogens with zero attached hydrogens (tertiary/aromatic N) is 1. The van der Waals surface area contributed by atoms with Crippen LogP contribution in [0, 0.1) is 0 Å². The van der Waals surface area contributed by atoms with Crippen LogP contribution in [-0.2, 0) is 6.42 Å². The maximum atomic E-state index is 8.98. The number of aromatic amines is 1. The minimum atomic E-state index is 0.772. The average molecular weight is 279 g/mol. The summed E-state index contributed by atoms with van der Waals surface area (Å²) in [5.74, 6) is 0. The Kier molecular flexibility index (Phi) is 2.24. The molecule has 0 saturated heterocycles. The van der Waals surface area contributed by atoms with Crippen LogP contribution >= 0.6 is 15.9 Å². The van der Waals surface area contributed by atoms with Crippen LogP contribution in [0.3, 0.4) is 0 Å². The molecule has 0 bridgehead atoms. The van der Waals surface area contributed by atoms with Gasteiger partial charge < -0.3 is 10.2 Å². The van der Waals surface area contributed by atoms with E-state index in [-0.39, 0.29) is 0 Å². The summed E-state index contributed by atoms with van der Waals surface area (Å²) in [5.41, 5.74) is 4.15. The van der Waals surface area contributed by atoms with E-state index in [1.807, 2.05) is 6.07 Å². The molecule has 0 radical (unpaired) electrons. The molecule has 1 heterocycles. The van der Waals surface area contributed by atoms with E-state index in [0.717, 1.165) is 40.7 Å². The highest BCUT2D eigenvalue weighted by molar-refractivity contribution is 9.10. The van der Waals surface area contributed by atoms with Gasteiger partial charge in [-0.25, -0.2) is 0 Å². The molecule has 3 nitrogen and oxygen atoms in total. The van der Waals surface area contributed by atoms with Crippen LogP contribution in [-0.4, -0.2) is 15.9 Å². The van der Waals surface area contributed by atoms with Crippen LogP contribution < -0.4 is 0 Å². The Hall–Kier alpha value is -1.29. The Labute approximate surface area is 101 Å². The van der Waals surface area contributed by atoms with Gasteiger partial charge in [0, 0.05) is 15.4 Å². The molecule has 2 N–H and O–H groups in total. The number of benzene rings is 1. The molecule has 0 fully saturated rings. The van der Waals surface area contributed by atoms with Gasteiger partial charge in [-0.1, -0.05) is 27.2 Å². The standard InChI is InChI=1S/C12H11BrN2O/c13-7-4-5-8-9-2-1-3-10(15-16)12(9)14-11(8)6-7/h4-6,14,16H,1-3H2. The van der Waals surface area contributed by atoms with Crippen molar-refractivity contribution < 1.29 is 5.21 Å². The first-order valence-corrected chi connectivity index (χ1v) is 6.10. The summed E-state index contributed by atoms with van der Waals surface area (Å²) in [5, 5.41) is 13.6. The molecular formula is C12H11BrN2O. The maximum Gasteiger partial charge on any atom is 0.103 e. The summed E-state index contributed by atoms with van der Waals surface area (Å²) in [6, 6.07) is 6.21. The predicted molar refractivity (Wildman–Crippen MR) is 67.3 cm³/mol. The van der Waals surface area contributed by atoms with E-state index in [4.69, 9.17) is 5.21 Å². The minimum absolute atomic E-state index is 0.772. The van der Waals surface area contributed by atoms with Crippen molar-refractivity contribution in [2.45, 2.75) is 19.3 Å². The average Bonchev–Trinajstić information content (AvgIpc) is 2.65. The van der Waals surface area contributed by atoms with E-state index in [2.05, 4.69) is 38.2 Å². The molecule has 16 heavy (non-hydrogen) atoms. The lowest BCUT2D eigenvalue weighted by atomic mass is 9.94. The quantitative estimate of drug-likeness (QED) is 0.563. The number of nitrogens with one attached hydrogen (secondary N) is 1. The van der Waals surface area contributed by atoms with Crippen molar-refractivity contribution in [2.75, 3.05) is 0 Å². The van der Waals surface area contributed by atoms with Crippen LogP contribution in [0.4, 0.5) is 0 Å². The van der Waals surface area contributed by atoms with Gasteiger partial charge in [-0.3, -0.25) is 0 Å². The number of hydrogen-bond acceptors (Lipinski definition) is 2. The SMILES string of the molecule is ON=C1CCCc2c1[nH]c1cc(Br)ccc21. The number of aromatic nitrogens is 1. The second-order valence-corrected chi connectivity index (χ2v) is 4.98. The van der Waals surface area contributed by atoms with Gasteiger partial charge in [-0.2, -0.15) is 0 Å². The second-order valence-electron chi connectivity index (χ2n) is 4.07. The zero-order valence-electron chi connectivity index (χ0n) is 8.63. The number of rotatable bonds is 0. The van der Waals surface area contributed by atoms with E-state index >= 15 is 0 Å². The molecule has 0 aliphatic heterocycles. The molecular weight excluding hydrogens is 268 g/mol. The zero-order valence-corrected chi connectivity index (χ0v) is 10.2. The van der Waals surface area contributed by atoms with Crippen molar-refractivity contribution >= 4 is 32.5 Å². The normalized spacial score (nSPS) is 17.9. The molecule has 0 amide bonds. The van der Waals surface area contributed by atoms with E-state index < -0.39 is 0 Å². The molecule has 1 aliphatic carbocycles. The number of H-pyrrole nitrogens is 1. The Bertz CT molecular complexity index is 586. The fourth-order valence-corrected chi connectivity index (χ4v) is 2.75. The number of halogens is 1. The van der Waals surface area contributed by atoms with Gasteiger partial charge >= 0.3 is 0 Å². The Morgan fingerprint density at radius 3 is 3.00 bits per heavy atom. The van der Waals surface area contributed by atoms with E-state index in [9.17, 15) is 0 Å². The predicted octanol–water partition coefficient (Wildman–Crippen LogP) is 3.45. The van der Waals surface area contributed by atoms with Gasteiger partial charge in [0.25, 0.3) is 0 Å². The topological polar surface area (TPSA) is 48.4 Å². The monoisotopic (exact) mass is 278 g/mol. The van der Waals surface area contributed by atoms with Gasteiger partial charge in [-0.05, 0) is 37.0 Å². The first-order chi connectivity index (χ1) is 7.79. The molecule has 1 aromatic heterocycles. The van der Waals surface area contributed by atoms with Crippen LogP contribution in [0.2, 0.25) is 0 Å². The largest absolute Gasteiger partial charge is 0.411 e. The number of oxime groups is 1. The van der Waals surface area contributed by atoms with Crippen molar-refractivity contribution in [3.05, 3.63) is 33.9 Å². The fourth-order valence-electron chi connectivity index (χ4n) is 2.39. The first kappa shape index (κ1) is 9.90. The van der Waals surface area contributed by atoms with E-state index in [1.165, 1.54) is 10.9 Å². The maximum absolute atomic E-state index is 8.98. The van der Waals surface area contributed by atoms with Crippen molar-refractivity contribution in [3.8, 4) is 0 Å². The van der Waals surface area contributed by atoms with Crippen LogP contribution in [0.25, 0.3) is 10.9 Å². The Balaban J connectivity index is 2.32. The summed E-state index contributed by atoms with van der Waals surface area (Å²) in [6.45, 7) is 0. The van der Waals surface area contributed by atoms with Gasteiger partial charge in [0.15, 0.2) is 0 Å². The lowest BCUT2D eigenvalue weighted by Gasteiger charge is -2.12. The molecule has 3 rings (SSSR count). The smallest absolute Gasteiger partial charge is 0.103 e. The van der Waals surface area contributed by atoms with Crippen molar-refractivity contribution in [3.63, 3.8) is 0 Å². The van der Waals surface area contributed by atoms with Crippen LogP contribution in [0.15, 0.2) is 27.8 Å². The third-order valence-electron chi connectivity index (χ3n) is 3.12. The molecule has 1 aliphatic rings. The second kappa shape index (κ2) is 3.63. The lowest BCUT2D eigenvalue weighted by Crippen LogP contribution is -2.10. The highest BCUT2D eigenvalue weighted by atomic mass is 79.9. The lowest BCUT2D eigenvalue weighted by molar-refractivity contribution is 0.317. The molecule has 0 spiro atoms. The number of aryl methyl sites for hydroxylation is 1. The molecule has 0 atom stereocenters. The van der Waals surface area contributed by atoms with Crippen molar-refractivity contribution in [1.82, 2.24) is 4.98 Å². The van der Waals surface area contributed by atoms with E-state index in [0.29, 0.717) is 0 Å². The zero-order chi connectivity index (χ0) is 11.1. The molecule has 4 heteroatoms. The van der Waals surface area contributed by atoms with Crippen molar-refractivity contribution in [2.24, 2.45) is 5.16 Å². The first-order valence-electron chi connectivity index (χ1n) is 5.31. The van der Waals surface area contributed by atoms with Crippen LogP contribution in [0.1, 0.15) is 24.1 Å². The van der Waals surface area contributed by atoms with Gasteiger partial charge in [0.1, 0.15) is 5.71 Å². The molecule has 1 aromatic carbocycles. The van der Waals surface area contributed by atoms with Crippen molar-refractivity contribution in [1.29, 1.82) is 0 Å². The number of hydrogen-bond donors (Lipinski definition) is 2. The molecule has 0 saturated carbocycles. The fraction of sp³-hybridized carbons (Fsp3) is 0.250.